The molecule has 0 radical (unpaired) electrons. The Balaban J connectivity index is 1.64. The van der Waals surface area contributed by atoms with Gasteiger partial charge in [0.05, 0.1) is 16.1 Å². The lowest BCUT2D eigenvalue weighted by Crippen LogP contribution is -2.26. The van der Waals surface area contributed by atoms with Gasteiger partial charge in [0.25, 0.3) is 5.91 Å². The molecule has 7 heteroatoms. The molecule has 0 saturated heterocycles. The minimum atomic E-state index is -3.61. The molecule has 144 valence electrons. The van der Waals surface area contributed by atoms with Gasteiger partial charge in [0.1, 0.15) is 0 Å². The number of hydrogen-bond donors (Lipinski definition) is 2. The van der Waals surface area contributed by atoms with E-state index in [2.05, 4.69) is 15.0 Å². The summed E-state index contributed by atoms with van der Waals surface area (Å²) in [6, 6.07) is 11.8. The number of amides is 1. The maximum absolute atomic E-state index is 12.8. The van der Waals surface area contributed by atoms with Crippen molar-refractivity contribution in [3.8, 4) is 0 Å². The van der Waals surface area contributed by atoms with Crippen LogP contribution >= 0.6 is 0 Å². The number of aromatic nitrogens is 1. The minimum Gasteiger partial charge on any atom is -0.321 e. The van der Waals surface area contributed by atoms with Crippen molar-refractivity contribution in [3.05, 3.63) is 65.4 Å². The van der Waals surface area contributed by atoms with Gasteiger partial charge in [-0.05, 0) is 62.1 Å². The Morgan fingerprint density at radius 2 is 1.89 bits per heavy atom. The fraction of sp³-hybridized carbons (Fsp3) is 0.238. The summed E-state index contributed by atoms with van der Waals surface area (Å²) in [7, 11) is -3.61. The molecule has 1 amide bonds. The summed E-state index contributed by atoms with van der Waals surface area (Å²) in [4.78, 5) is 17.3. The summed E-state index contributed by atoms with van der Waals surface area (Å²) in [5, 5.41) is 3.73. The molecule has 6 nitrogen and oxygen atoms in total. The van der Waals surface area contributed by atoms with Crippen molar-refractivity contribution in [2.45, 2.75) is 37.6 Å². The number of aryl methyl sites for hydroxylation is 2. The summed E-state index contributed by atoms with van der Waals surface area (Å²) in [5.41, 5.74) is 3.95. The van der Waals surface area contributed by atoms with Gasteiger partial charge in [0.15, 0.2) is 0 Å². The smallest absolute Gasteiger partial charge is 0.255 e. The van der Waals surface area contributed by atoms with Crippen molar-refractivity contribution in [1.82, 2.24) is 9.71 Å². The monoisotopic (exact) mass is 395 g/mol. The van der Waals surface area contributed by atoms with Crippen LogP contribution in [0.15, 0.2) is 53.6 Å². The van der Waals surface area contributed by atoms with Gasteiger partial charge in [-0.25, -0.2) is 13.1 Å². The van der Waals surface area contributed by atoms with Crippen LogP contribution in [-0.4, -0.2) is 25.4 Å². The van der Waals surface area contributed by atoms with Crippen LogP contribution in [0.5, 0.6) is 0 Å². The van der Waals surface area contributed by atoms with E-state index in [1.54, 1.807) is 24.4 Å². The maximum Gasteiger partial charge on any atom is 0.255 e. The van der Waals surface area contributed by atoms with Crippen LogP contribution in [0.4, 0.5) is 5.69 Å². The van der Waals surface area contributed by atoms with Gasteiger partial charge < -0.3 is 5.32 Å². The number of nitrogens with one attached hydrogen (secondary N) is 2. The first-order valence-corrected chi connectivity index (χ1v) is 10.6. The topological polar surface area (TPSA) is 88.2 Å². The molecule has 1 fully saturated rings. The number of pyridine rings is 1. The largest absolute Gasteiger partial charge is 0.321 e. The van der Waals surface area contributed by atoms with Gasteiger partial charge in [-0.1, -0.05) is 18.2 Å². The van der Waals surface area contributed by atoms with Gasteiger partial charge in [-0.3, -0.25) is 9.78 Å². The van der Waals surface area contributed by atoms with E-state index < -0.39 is 10.0 Å². The Morgan fingerprint density at radius 3 is 2.64 bits per heavy atom. The molecular formula is C21H21N3O3S. The molecule has 3 aromatic rings. The number of fused-ring (bicyclic) bond motifs is 1. The van der Waals surface area contributed by atoms with E-state index in [-0.39, 0.29) is 22.4 Å². The molecule has 4 rings (SSSR count). The molecule has 1 aliphatic carbocycles. The number of sulfonamides is 1. The Morgan fingerprint density at radius 1 is 1.11 bits per heavy atom. The lowest BCUT2D eigenvalue weighted by Gasteiger charge is -2.12. The maximum atomic E-state index is 12.8. The van der Waals surface area contributed by atoms with Crippen molar-refractivity contribution in [1.29, 1.82) is 0 Å². The molecule has 28 heavy (non-hydrogen) atoms. The van der Waals surface area contributed by atoms with Crippen LogP contribution in [0, 0.1) is 13.8 Å². The van der Waals surface area contributed by atoms with Crippen molar-refractivity contribution in [2.75, 3.05) is 5.32 Å². The third-order valence-corrected chi connectivity index (χ3v) is 6.51. The summed E-state index contributed by atoms with van der Waals surface area (Å²) in [6.45, 7) is 4.01. The van der Waals surface area contributed by atoms with E-state index in [0.717, 1.165) is 34.9 Å². The summed E-state index contributed by atoms with van der Waals surface area (Å²) in [6.07, 6.45) is 3.37. The third-order valence-electron chi connectivity index (χ3n) is 4.99. The Hall–Kier alpha value is -2.77. The zero-order chi connectivity index (χ0) is 19.9. The molecule has 0 unspecified atom stereocenters. The third kappa shape index (κ3) is 3.63. The zero-order valence-electron chi connectivity index (χ0n) is 15.7. The predicted molar refractivity (Wildman–Crippen MR) is 109 cm³/mol. The van der Waals surface area contributed by atoms with Gasteiger partial charge in [-0.2, -0.15) is 0 Å². The highest BCUT2D eigenvalue weighted by Gasteiger charge is 2.28. The number of benzene rings is 2. The second-order valence-electron chi connectivity index (χ2n) is 7.14. The van der Waals surface area contributed by atoms with Crippen LogP contribution in [0.25, 0.3) is 10.9 Å². The van der Waals surface area contributed by atoms with Gasteiger partial charge >= 0.3 is 0 Å². The highest BCUT2D eigenvalue weighted by atomic mass is 32.2. The molecule has 0 aliphatic heterocycles. The van der Waals surface area contributed by atoms with E-state index >= 15 is 0 Å². The number of anilines is 1. The minimum absolute atomic E-state index is 0.0114. The van der Waals surface area contributed by atoms with Crippen LogP contribution in [0.2, 0.25) is 0 Å². The summed E-state index contributed by atoms with van der Waals surface area (Å²) >= 11 is 0. The molecule has 2 N–H and O–H groups in total. The zero-order valence-corrected chi connectivity index (χ0v) is 16.5. The van der Waals surface area contributed by atoms with E-state index in [1.165, 1.54) is 12.1 Å². The first-order valence-electron chi connectivity index (χ1n) is 9.14. The van der Waals surface area contributed by atoms with Crippen molar-refractivity contribution >= 4 is 32.5 Å². The van der Waals surface area contributed by atoms with Crippen molar-refractivity contribution in [3.63, 3.8) is 0 Å². The van der Waals surface area contributed by atoms with Crippen LogP contribution in [0.1, 0.15) is 34.3 Å². The Labute approximate surface area is 164 Å². The quantitative estimate of drug-likeness (QED) is 0.692. The summed E-state index contributed by atoms with van der Waals surface area (Å²) < 4.78 is 27.4. The molecule has 0 bridgehead atoms. The predicted octanol–water partition coefficient (Wildman–Crippen LogP) is 3.54. The summed E-state index contributed by atoms with van der Waals surface area (Å²) in [5.74, 6) is -0.366. The molecule has 1 heterocycles. The molecule has 0 atom stereocenters. The molecule has 0 spiro atoms. The lowest BCUT2D eigenvalue weighted by molar-refractivity contribution is 0.102. The van der Waals surface area contributed by atoms with Crippen molar-refractivity contribution < 1.29 is 13.2 Å². The van der Waals surface area contributed by atoms with Gasteiger partial charge in [0, 0.05) is 23.2 Å². The number of rotatable bonds is 5. The normalized spacial score (nSPS) is 14.2. The Kier molecular flexibility index (Phi) is 4.64. The molecule has 2 aromatic carbocycles. The molecular weight excluding hydrogens is 374 g/mol. The van der Waals surface area contributed by atoms with Crippen LogP contribution in [-0.2, 0) is 10.0 Å². The van der Waals surface area contributed by atoms with E-state index in [9.17, 15) is 13.2 Å². The van der Waals surface area contributed by atoms with E-state index in [1.807, 2.05) is 26.0 Å². The first kappa shape index (κ1) is 18.6. The second-order valence-corrected chi connectivity index (χ2v) is 8.85. The SMILES string of the molecule is Cc1ccc2c(NC(=O)c3cccc(S(=O)(=O)NC4CC4)c3)ccnc2c1C. The number of carbonyl (C=O) groups is 1. The van der Waals surface area contributed by atoms with E-state index in [4.69, 9.17) is 0 Å². The average Bonchev–Trinajstić information content (AvgIpc) is 3.48. The van der Waals surface area contributed by atoms with Crippen molar-refractivity contribution in [2.24, 2.45) is 0 Å². The van der Waals surface area contributed by atoms with Crippen LogP contribution in [0.3, 0.4) is 0 Å². The molecule has 1 aliphatic rings. The highest BCUT2D eigenvalue weighted by molar-refractivity contribution is 7.89. The first-order chi connectivity index (χ1) is 13.3. The lowest BCUT2D eigenvalue weighted by atomic mass is 10.0. The average molecular weight is 395 g/mol. The molecule has 1 saturated carbocycles. The number of hydrogen-bond acceptors (Lipinski definition) is 4. The fourth-order valence-electron chi connectivity index (χ4n) is 3.06. The van der Waals surface area contributed by atoms with E-state index in [0.29, 0.717) is 5.69 Å². The van der Waals surface area contributed by atoms with Crippen LogP contribution < -0.4 is 10.0 Å². The number of nitrogens with zero attached hydrogens (tertiary/aromatic N) is 1. The molecule has 1 aromatic heterocycles. The highest BCUT2D eigenvalue weighted by Crippen LogP contribution is 2.27. The fourth-order valence-corrected chi connectivity index (χ4v) is 4.41. The standard InChI is InChI=1S/C21H21N3O3S/c1-13-6-9-18-19(10-11-22-20(18)14(13)2)23-21(25)15-4-3-5-17(12-15)28(26,27)24-16-7-8-16/h3-6,9-12,16,24H,7-8H2,1-2H3,(H,22,23,25). The second kappa shape index (κ2) is 7.00. The number of carbonyl (C=O) groups excluding carboxylic acids is 1. The Bertz CT molecular complexity index is 1180. The van der Waals surface area contributed by atoms with Gasteiger partial charge in [-0.15, -0.1) is 0 Å². The van der Waals surface area contributed by atoms with Gasteiger partial charge in [0.2, 0.25) is 10.0 Å².